The van der Waals surface area contributed by atoms with E-state index >= 15 is 0 Å². The van der Waals surface area contributed by atoms with Crippen molar-refractivity contribution in [3.63, 3.8) is 0 Å². The number of rotatable bonds is 11. The molecule has 1 N–H and O–H groups in total. The molecule has 29 heavy (non-hydrogen) atoms. The maximum atomic E-state index is 12.6. The Balaban J connectivity index is 0. The number of nitrogens with one attached hydrogen (secondary N) is 1. The van der Waals surface area contributed by atoms with Crippen LogP contribution in [0.15, 0.2) is 24.3 Å². The van der Waals surface area contributed by atoms with E-state index in [2.05, 4.69) is 16.8 Å². The van der Waals surface area contributed by atoms with Gasteiger partial charge < -0.3 is 24.2 Å². The van der Waals surface area contributed by atoms with E-state index in [0.717, 1.165) is 49.9 Å². The second kappa shape index (κ2) is 15.4. The summed E-state index contributed by atoms with van der Waals surface area (Å²) in [4.78, 5) is 33.4. The summed E-state index contributed by atoms with van der Waals surface area (Å²) >= 11 is 0. The number of halogens is 3. The second-order valence-electron chi connectivity index (χ2n) is 6.15. The minimum absolute atomic E-state index is 0. The van der Waals surface area contributed by atoms with Crippen molar-refractivity contribution in [2.45, 2.75) is 57.7 Å². The molecule has 154 valence electrons. The number of benzene rings is 1. The fraction of sp³-hybridized carbons (Fsp3) is 0.588. The molecule has 0 bridgehead atoms. The van der Waals surface area contributed by atoms with Crippen molar-refractivity contribution in [1.29, 1.82) is 0 Å². The zero-order chi connectivity index (χ0) is 20.5. The van der Waals surface area contributed by atoms with Gasteiger partial charge in [0.2, 0.25) is 5.91 Å². The Kier molecular flexibility index (Phi) is 16.9. The van der Waals surface area contributed by atoms with E-state index in [9.17, 15) is 32.3 Å². The van der Waals surface area contributed by atoms with E-state index in [1.54, 1.807) is 0 Å². The van der Waals surface area contributed by atoms with Crippen molar-refractivity contribution in [3.8, 4) is 0 Å². The van der Waals surface area contributed by atoms with Gasteiger partial charge in [-0.15, -0.1) is 0 Å². The fourth-order valence-corrected chi connectivity index (χ4v) is 2.78. The first-order chi connectivity index (χ1) is 12.5. The van der Waals surface area contributed by atoms with Gasteiger partial charge in [-0.25, -0.2) is 0 Å². The van der Waals surface area contributed by atoms with Crippen LogP contribution in [0.1, 0.15) is 62.6 Å². The van der Waals surface area contributed by atoms with E-state index < -0.39 is 38.1 Å². The Bertz CT molecular complexity index is 641. The summed E-state index contributed by atoms with van der Waals surface area (Å²) in [7, 11) is -5.28. The molecule has 0 saturated heterocycles. The van der Waals surface area contributed by atoms with Gasteiger partial charge in [0.15, 0.2) is 0 Å². The average molecular weight is 455 g/mol. The summed E-state index contributed by atoms with van der Waals surface area (Å²) in [6.07, 6.45) is 0.271. The quantitative estimate of drug-likeness (QED) is 0.219. The van der Waals surface area contributed by atoms with Crippen LogP contribution in [0.2, 0.25) is 0 Å². The van der Waals surface area contributed by atoms with Crippen LogP contribution in [-0.4, -0.2) is 12.5 Å². The molecule has 1 aromatic carbocycles. The monoisotopic (exact) mass is 455 g/mol. The van der Waals surface area contributed by atoms with Crippen LogP contribution >= 0.6 is 7.82 Å². The Morgan fingerprint density at radius 3 is 2.14 bits per heavy atom. The van der Waals surface area contributed by atoms with E-state index in [0.29, 0.717) is 6.42 Å². The third-order valence-corrected chi connectivity index (χ3v) is 4.35. The summed E-state index contributed by atoms with van der Waals surface area (Å²) in [5.74, 6) is -0.397. The first-order valence-electron chi connectivity index (χ1n) is 8.66. The molecular weight excluding hydrogens is 432 g/mol. The normalized spacial score (nSPS) is 12.5. The van der Waals surface area contributed by atoms with E-state index in [4.69, 9.17) is 0 Å². The molecule has 1 unspecified atom stereocenters. The number of unbranched alkanes of at least 4 members (excludes halogenated alkanes) is 4. The smallest absolute Gasteiger partial charge is 0.790 e. The zero-order valence-corrected chi connectivity index (χ0v) is 21.9. The van der Waals surface area contributed by atoms with Crippen LogP contribution in [0.25, 0.3) is 0 Å². The van der Waals surface area contributed by atoms with Crippen LogP contribution in [-0.2, 0) is 20.1 Å². The third-order valence-electron chi connectivity index (χ3n) is 3.88. The maximum Gasteiger partial charge on any atom is 1.00 e. The minimum Gasteiger partial charge on any atom is -0.790 e. The molecule has 1 atom stereocenters. The number of hydrogen-bond donors (Lipinski definition) is 1. The van der Waals surface area contributed by atoms with Crippen LogP contribution < -0.4 is 74.2 Å². The molecule has 12 heteroatoms. The van der Waals surface area contributed by atoms with Crippen LogP contribution in [0.5, 0.6) is 0 Å². The molecule has 0 heterocycles. The van der Waals surface area contributed by atoms with Crippen molar-refractivity contribution < 1.29 is 96.0 Å². The Hall–Kier alpha value is 0.590. The van der Waals surface area contributed by atoms with Gasteiger partial charge >= 0.3 is 65.3 Å². The molecular formula is C17H23F3NNa2O5P. The molecule has 0 aliphatic rings. The van der Waals surface area contributed by atoms with Gasteiger partial charge in [-0.1, -0.05) is 44.7 Å². The van der Waals surface area contributed by atoms with Gasteiger partial charge in [0.1, 0.15) is 0 Å². The van der Waals surface area contributed by atoms with Crippen LogP contribution in [0.3, 0.4) is 0 Å². The molecule has 0 aromatic heterocycles. The number of phosphoric acid groups is 1. The predicted molar refractivity (Wildman–Crippen MR) is 89.3 cm³/mol. The molecule has 0 spiro atoms. The molecule has 1 aromatic rings. The number of alkyl halides is 3. The number of carbonyl (C=O) groups excluding carboxylic acids is 1. The van der Waals surface area contributed by atoms with Crippen molar-refractivity contribution in [2.75, 3.05) is 6.61 Å². The van der Waals surface area contributed by atoms with Gasteiger partial charge in [0.25, 0.3) is 0 Å². The molecule has 1 amide bonds. The molecule has 0 aliphatic heterocycles. The standard InChI is InChI=1S/C17H25F3NO5P.2Na/c1-2-3-4-5-6-7-16(22)21-15(12-26-27(23,24)25)13-8-10-14(11-9-13)17(18,19)20;;/h8-11,15H,2-7,12H2,1H3,(H,21,22)(H2,23,24,25);;/q;2*+1/p-2. The summed E-state index contributed by atoms with van der Waals surface area (Å²) in [6, 6.07) is 2.80. The topological polar surface area (TPSA) is 102 Å². The second-order valence-corrected chi connectivity index (χ2v) is 7.30. The summed E-state index contributed by atoms with van der Waals surface area (Å²) < 4.78 is 52.9. The number of carbonyl (C=O) groups is 1. The summed E-state index contributed by atoms with van der Waals surface area (Å²) in [5.41, 5.74) is -0.678. The summed E-state index contributed by atoms with van der Waals surface area (Å²) in [5, 5.41) is 2.51. The molecule has 0 aliphatic carbocycles. The van der Waals surface area contributed by atoms with Gasteiger partial charge in [-0.05, 0) is 24.1 Å². The van der Waals surface area contributed by atoms with E-state index in [-0.39, 0.29) is 71.1 Å². The maximum absolute atomic E-state index is 12.6. The van der Waals surface area contributed by atoms with Crippen LogP contribution in [0, 0.1) is 0 Å². The molecule has 0 fully saturated rings. The molecule has 0 saturated carbocycles. The van der Waals surface area contributed by atoms with Gasteiger partial charge in [-0.2, -0.15) is 13.2 Å². The van der Waals surface area contributed by atoms with Crippen molar-refractivity contribution in [2.24, 2.45) is 0 Å². The van der Waals surface area contributed by atoms with Gasteiger partial charge in [-0.3, -0.25) is 4.79 Å². The Morgan fingerprint density at radius 1 is 1.10 bits per heavy atom. The first-order valence-corrected chi connectivity index (χ1v) is 10.1. The van der Waals surface area contributed by atoms with Gasteiger partial charge in [0.05, 0.1) is 26.0 Å². The average Bonchev–Trinajstić information content (AvgIpc) is 2.57. The SMILES string of the molecule is CCCCCCCC(=O)NC(COP(=O)([O-])[O-])c1ccc(C(F)(F)F)cc1.[Na+].[Na+]. The third kappa shape index (κ3) is 14.3. The minimum atomic E-state index is -5.28. The molecule has 1 rings (SSSR count). The number of amides is 1. The largest absolute Gasteiger partial charge is 1.00 e. The van der Waals surface area contributed by atoms with Crippen LogP contribution in [0.4, 0.5) is 13.2 Å². The van der Waals surface area contributed by atoms with E-state index in [1.165, 1.54) is 0 Å². The van der Waals surface area contributed by atoms with Gasteiger partial charge in [0, 0.05) is 6.42 Å². The Labute approximate surface area is 213 Å². The zero-order valence-electron chi connectivity index (χ0n) is 17.0. The van der Waals surface area contributed by atoms with Crippen molar-refractivity contribution in [1.82, 2.24) is 5.32 Å². The Morgan fingerprint density at radius 2 is 1.66 bits per heavy atom. The fourth-order valence-electron chi connectivity index (χ4n) is 2.45. The van der Waals surface area contributed by atoms with Crippen molar-refractivity contribution >= 4 is 13.7 Å². The van der Waals surface area contributed by atoms with Crippen molar-refractivity contribution in [3.05, 3.63) is 35.4 Å². The molecule has 0 radical (unpaired) electrons. The number of hydrogen-bond acceptors (Lipinski definition) is 5. The van der Waals surface area contributed by atoms with E-state index in [1.807, 2.05) is 0 Å². The summed E-state index contributed by atoms with van der Waals surface area (Å²) in [6.45, 7) is 1.38. The predicted octanol–water partition coefficient (Wildman–Crippen LogP) is -2.92. The molecule has 6 nitrogen and oxygen atoms in total. The first kappa shape index (κ1) is 31.8. The number of phosphoric ester groups is 1.